The highest BCUT2D eigenvalue weighted by atomic mass is 16.5. The molecule has 0 fully saturated rings. The molecule has 0 radical (unpaired) electrons. The Hall–Kier alpha value is -1.40. The van der Waals surface area contributed by atoms with E-state index in [-0.39, 0.29) is 13.0 Å². The van der Waals surface area contributed by atoms with Crippen molar-refractivity contribution < 1.29 is 29.3 Å². The normalized spacial score (nSPS) is 10.6. The number of hydrogen-bond donors (Lipinski definition) is 2. The number of methoxy groups -OCH3 is 1. The van der Waals surface area contributed by atoms with Gasteiger partial charge in [-0.3, -0.25) is 0 Å². The van der Waals surface area contributed by atoms with E-state index in [2.05, 4.69) is 9.47 Å². The molecule has 0 aromatic carbocycles. The Balaban J connectivity index is 3.65. The lowest BCUT2D eigenvalue weighted by Crippen LogP contribution is -2.11. The van der Waals surface area contributed by atoms with E-state index in [1.165, 1.54) is 7.11 Å². The predicted molar refractivity (Wildman–Crippen MR) is 45.0 cm³/mol. The smallest absolute Gasteiger partial charge is 0.331 e. The first-order valence-electron chi connectivity index (χ1n) is 3.85. The number of esters is 2. The summed E-state index contributed by atoms with van der Waals surface area (Å²) >= 11 is 0. The molecule has 0 aliphatic rings. The summed E-state index contributed by atoms with van der Waals surface area (Å²) in [6, 6.07) is 0. The maximum Gasteiger partial charge on any atom is 0.331 e. The van der Waals surface area contributed by atoms with Gasteiger partial charge in [0.2, 0.25) is 0 Å². The first-order valence-corrected chi connectivity index (χ1v) is 3.85. The molecule has 0 saturated carbocycles. The molecule has 0 aliphatic heterocycles. The second kappa shape index (κ2) is 7.05. The Kier molecular flexibility index (Phi) is 6.34. The van der Waals surface area contributed by atoms with E-state index in [1.807, 2.05) is 0 Å². The Morgan fingerprint density at radius 2 is 1.86 bits per heavy atom. The molecule has 0 aliphatic carbocycles. The van der Waals surface area contributed by atoms with Crippen LogP contribution >= 0.6 is 0 Å². The predicted octanol–water partition coefficient (Wildman–Crippen LogP) is -1.04. The number of hydrogen-bond acceptors (Lipinski definition) is 6. The van der Waals surface area contributed by atoms with E-state index in [0.717, 1.165) is 12.2 Å². The monoisotopic (exact) mass is 204 g/mol. The number of rotatable bonds is 5. The van der Waals surface area contributed by atoms with Crippen molar-refractivity contribution in [2.24, 2.45) is 0 Å². The topological polar surface area (TPSA) is 93.1 Å². The third-order valence-corrected chi connectivity index (χ3v) is 1.18. The molecule has 80 valence electrons. The van der Waals surface area contributed by atoms with Crippen LogP contribution in [-0.2, 0) is 19.1 Å². The van der Waals surface area contributed by atoms with Crippen LogP contribution in [0.2, 0.25) is 0 Å². The molecule has 0 rings (SSSR count). The summed E-state index contributed by atoms with van der Waals surface area (Å²) < 4.78 is 8.72. The summed E-state index contributed by atoms with van der Waals surface area (Å²) in [7, 11) is 1.18. The zero-order valence-electron chi connectivity index (χ0n) is 7.67. The summed E-state index contributed by atoms with van der Waals surface area (Å²) in [5.74, 6) is -1.40. The molecular weight excluding hydrogens is 192 g/mol. The average molecular weight is 204 g/mol. The molecule has 0 saturated heterocycles. The third-order valence-electron chi connectivity index (χ3n) is 1.18. The van der Waals surface area contributed by atoms with E-state index >= 15 is 0 Å². The van der Waals surface area contributed by atoms with Crippen LogP contribution in [0.1, 0.15) is 6.42 Å². The molecule has 0 aromatic rings. The highest BCUT2D eigenvalue weighted by molar-refractivity contribution is 5.91. The van der Waals surface area contributed by atoms with Crippen LogP contribution in [0.3, 0.4) is 0 Å². The molecule has 0 aromatic heterocycles. The summed E-state index contributed by atoms with van der Waals surface area (Å²) in [6.07, 6.45) is 0.234. The number of ether oxygens (including phenoxy) is 2. The van der Waals surface area contributed by atoms with Gasteiger partial charge in [0.25, 0.3) is 0 Å². The zero-order valence-corrected chi connectivity index (χ0v) is 7.67. The van der Waals surface area contributed by atoms with Crippen molar-refractivity contribution >= 4 is 11.9 Å². The molecule has 0 unspecified atom stereocenters. The van der Waals surface area contributed by atoms with Crippen molar-refractivity contribution in [3.05, 3.63) is 12.2 Å². The van der Waals surface area contributed by atoms with Crippen molar-refractivity contribution in [1.29, 1.82) is 0 Å². The maximum atomic E-state index is 10.8. The molecule has 6 nitrogen and oxygen atoms in total. The quantitative estimate of drug-likeness (QED) is 0.337. The fourth-order valence-electron chi connectivity index (χ4n) is 0.517. The van der Waals surface area contributed by atoms with Crippen LogP contribution in [0.15, 0.2) is 12.2 Å². The number of carbonyl (C=O) groups is 2. The highest BCUT2D eigenvalue weighted by Gasteiger charge is 2.01. The van der Waals surface area contributed by atoms with Crippen LogP contribution in [0.5, 0.6) is 0 Å². The van der Waals surface area contributed by atoms with Gasteiger partial charge in [-0.25, -0.2) is 9.59 Å². The fourth-order valence-corrected chi connectivity index (χ4v) is 0.517. The van der Waals surface area contributed by atoms with Gasteiger partial charge >= 0.3 is 11.9 Å². The van der Waals surface area contributed by atoms with E-state index in [0.29, 0.717) is 0 Å². The Morgan fingerprint density at radius 1 is 1.29 bits per heavy atom. The summed E-state index contributed by atoms with van der Waals surface area (Å²) in [6.45, 7) is -0.123. The maximum absolute atomic E-state index is 10.8. The van der Waals surface area contributed by atoms with Crippen molar-refractivity contribution in [3.8, 4) is 0 Å². The minimum Gasteiger partial charge on any atom is -0.466 e. The summed E-state index contributed by atoms with van der Waals surface area (Å²) in [4.78, 5) is 21.3. The molecule has 0 amide bonds. The fraction of sp³-hybridized carbons (Fsp3) is 0.500. The first kappa shape index (κ1) is 12.6. The van der Waals surface area contributed by atoms with Crippen molar-refractivity contribution in [1.82, 2.24) is 0 Å². The lowest BCUT2D eigenvalue weighted by Gasteiger charge is -2.02. The van der Waals surface area contributed by atoms with Gasteiger partial charge in [-0.05, 0) is 0 Å². The lowest BCUT2D eigenvalue weighted by molar-refractivity contribution is -0.141. The van der Waals surface area contributed by atoms with Gasteiger partial charge in [0.15, 0.2) is 6.29 Å². The molecule has 6 heteroatoms. The van der Waals surface area contributed by atoms with Gasteiger partial charge in [-0.15, -0.1) is 0 Å². The standard InChI is InChI=1S/C8H12O6/c1-13-7(11)2-3-8(12)14-5-4-6(9)10/h2-3,6,9-10H,4-5H2,1H3/b3-2+. The van der Waals surface area contributed by atoms with E-state index in [1.54, 1.807) is 0 Å². The molecule has 14 heavy (non-hydrogen) atoms. The highest BCUT2D eigenvalue weighted by Crippen LogP contribution is 1.90. The van der Waals surface area contributed by atoms with Crippen molar-refractivity contribution in [2.45, 2.75) is 12.7 Å². The molecule has 0 atom stereocenters. The molecule has 0 spiro atoms. The van der Waals surface area contributed by atoms with Gasteiger partial charge < -0.3 is 19.7 Å². The second-order valence-corrected chi connectivity index (χ2v) is 2.29. The van der Waals surface area contributed by atoms with Gasteiger partial charge in [-0.2, -0.15) is 0 Å². The minimum atomic E-state index is -1.51. The van der Waals surface area contributed by atoms with Crippen molar-refractivity contribution in [2.75, 3.05) is 13.7 Å². The van der Waals surface area contributed by atoms with Gasteiger partial charge in [-0.1, -0.05) is 0 Å². The van der Waals surface area contributed by atoms with Gasteiger partial charge in [0.05, 0.1) is 13.7 Å². The zero-order chi connectivity index (χ0) is 11.0. The van der Waals surface area contributed by atoms with Crippen LogP contribution < -0.4 is 0 Å². The molecule has 0 bridgehead atoms. The SMILES string of the molecule is COC(=O)/C=C/C(=O)OCCC(O)O. The average Bonchev–Trinajstić information content (AvgIpc) is 2.13. The number of aliphatic hydroxyl groups excluding tert-OH is 1. The van der Waals surface area contributed by atoms with Crippen LogP contribution in [0.4, 0.5) is 0 Å². The largest absolute Gasteiger partial charge is 0.466 e. The van der Waals surface area contributed by atoms with E-state index in [4.69, 9.17) is 10.2 Å². The Labute approximate surface area is 80.7 Å². The second-order valence-electron chi connectivity index (χ2n) is 2.29. The van der Waals surface area contributed by atoms with Crippen LogP contribution in [-0.4, -0.2) is 42.2 Å². The molecule has 0 heterocycles. The summed E-state index contributed by atoms with van der Waals surface area (Å²) in [5.41, 5.74) is 0. The van der Waals surface area contributed by atoms with E-state index < -0.39 is 18.2 Å². The summed E-state index contributed by atoms with van der Waals surface area (Å²) in [5, 5.41) is 16.8. The number of aliphatic hydroxyl groups is 2. The Morgan fingerprint density at radius 3 is 2.36 bits per heavy atom. The van der Waals surface area contributed by atoms with Crippen molar-refractivity contribution in [3.63, 3.8) is 0 Å². The number of carbonyl (C=O) groups excluding carboxylic acids is 2. The Bertz CT molecular complexity index is 220. The minimum absolute atomic E-state index is 0.0716. The molecular formula is C8H12O6. The molecule has 2 N–H and O–H groups in total. The van der Waals surface area contributed by atoms with Gasteiger partial charge in [0.1, 0.15) is 0 Å². The van der Waals surface area contributed by atoms with Crippen LogP contribution in [0, 0.1) is 0 Å². The lowest BCUT2D eigenvalue weighted by atomic mass is 10.4. The third kappa shape index (κ3) is 7.26. The first-order chi connectivity index (χ1) is 6.56. The van der Waals surface area contributed by atoms with Crippen LogP contribution in [0.25, 0.3) is 0 Å². The van der Waals surface area contributed by atoms with E-state index in [9.17, 15) is 9.59 Å². The van der Waals surface area contributed by atoms with Gasteiger partial charge in [0, 0.05) is 18.6 Å².